The Balaban J connectivity index is 1.84. The summed E-state index contributed by atoms with van der Waals surface area (Å²) in [6.45, 7) is 3.66. The molecule has 3 aromatic rings. The van der Waals surface area contributed by atoms with Gasteiger partial charge in [-0.05, 0) is 32.4 Å². The molecule has 0 aliphatic carbocycles. The number of aromatic amines is 2. The monoisotopic (exact) mass is 268 g/mol. The Kier molecular flexibility index (Phi) is 3.10. The van der Waals surface area contributed by atoms with E-state index in [1.54, 1.807) is 6.92 Å². The molecule has 0 spiro atoms. The van der Waals surface area contributed by atoms with E-state index in [-0.39, 0.29) is 5.56 Å². The Morgan fingerprint density at radius 3 is 2.60 bits per heavy atom. The summed E-state index contributed by atoms with van der Waals surface area (Å²) in [6, 6.07) is 7.91. The molecule has 2 heterocycles. The highest BCUT2D eigenvalue weighted by molar-refractivity contribution is 5.74. The molecule has 3 rings (SSSR count). The first kappa shape index (κ1) is 12.6. The maximum atomic E-state index is 11.9. The summed E-state index contributed by atoms with van der Waals surface area (Å²) in [5.74, 6) is 1.55. The zero-order chi connectivity index (χ0) is 14.1. The average Bonchev–Trinajstić information content (AvgIpc) is 2.80. The van der Waals surface area contributed by atoms with Gasteiger partial charge in [-0.2, -0.15) is 0 Å². The quantitative estimate of drug-likeness (QED) is 0.763. The van der Waals surface area contributed by atoms with E-state index in [4.69, 9.17) is 0 Å². The van der Waals surface area contributed by atoms with Crippen LogP contribution in [0.5, 0.6) is 0 Å². The molecule has 0 radical (unpaired) electrons. The molecule has 5 heteroatoms. The van der Waals surface area contributed by atoms with Gasteiger partial charge in [0.05, 0.1) is 11.0 Å². The van der Waals surface area contributed by atoms with Gasteiger partial charge in [0.1, 0.15) is 11.6 Å². The number of fused-ring (bicyclic) bond motifs is 1. The van der Waals surface area contributed by atoms with Crippen LogP contribution in [0.25, 0.3) is 11.0 Å². The van der Waals surface area contributed by atoms with Crippen LogP contribution in [0, 0.1) is 13.8 Å². The Morgan fingerprint density at radius 2 is 1.85 bits per heavy atom. The maximum Gasteiger partial charge on any atom is 0.254 e. The summed E-state index contributed by atoms with van der Waals surface area (Å²) in [7, 11) is 0. The third-order valence-electron chi connectivity index (χ3n) is 3.39. The molecule has 0 saturated carbocycles. The lowest BCUT2D eigenvalue weighted by Gasteiger charge is -2.03. The summed E-state index contributed by atoms with van der Waals surface area (Å²) in [5.41, 5.74) is 3.45. The minimum absolute atomic E-state index is 0.0499. The molecule has 20 heavy (non-hydrogen) atoms. The number of H-pyrrole nitrogens is 2. The number of imidazole rings is 1. The predicted molar refractivity (Wildman–Crippen MR) is 77.8 cm³/mol. The van der Waals surface area contributed by atoms with E-state index in [2.05, 4.69) is 19.9 Å². The number of para-hydroxylation sites is 2. The van der Waals surface area contributed by atoms with Crippen LogP contribution in [0.3, 0.4) is 0 Å². The first-order valence-electron chi connectivity index (χ1n) is 6.63. The molecule has 1 aromatic carbocycles. The van der Waals surface area contributed by atoms with Crippen molar-refractivity contribution in [2.45, 2.75) is 26.7 Å². The fourth-order valence-corrected chi connectivity index (χ4v) is 2.41. The summed E-state index contributed by atoms with van der Waals surface area (Å²) in [6.07, 6.45) is 1.33. The first-order chi connectivity index (χ1) is 9.63. The topological polar surface area (TPSA) is 74.4 Å². The van der Waals surface area contributed by atoms with Crippen LogP contribution in [0.2, 0.25) is 0 Å². The number of nitrogens with zero attached hydrogens (tertiary/aromatic N) is 2. The molecule has 0 bridgehead atoms. The molecular weight excluding hydrogens is 252 g/mol. The number of hydrogen-bond donors (Lipinski definition) is 2. The van der Waals surface area contributed by atoms with Crippen molar-refractivity contribution in [2.24, 2.45) is 0 Å². The van der Waals surface area contributed by atoms with Gasteiger partial charge in [0.2, 0.25) is 0 Å². The lowest BCUT2D eigenvalue weighted by molar-refractivity contribution is 0.837. The van der Waals surface area contributed by atoms with E-state index < -0.39 is 0 Å². The van der Waals surface area contributed by atoms with Gasteiger partial charge in [-0.3, -0.25) is 4.79 Å². The van der Waals surface area contributed by atoms with Crippen molar-refractivity contribution in [2.75, 3.05) is 0 Å². The van der Waals surface area contributed by atoms with Crippen LogP contribution < -0.4 is 5.56 Å². The van der Waals surface area contributed by atoms with Crippen molar-refractivity contribution in [1.82, 2.24) is 19.9 Å². The molecule has 0 amide bonds. The third-order valence-corrected chi connectivity index (χ3v) is 3.39. The first-order valence-corrected chi connectivity index (χ1v) is 6.63. The standard InChI is InChI=1S/C15H16N4O/c1-9-11(15(20)17-10(2)16-9)7-8-14-18-12-5-3-4-6-13(12)19-14/h3-6H,7-8H2,1-2H3,(H,18,19)(H,16,17,20). The lowest BCUT2D eigenvalue weighted by atomic mass is 10.1. The lowest BCUT2D eigenvalue weighted by Crippen LogP contribution is -2.18. The molecule has 0 atom stereocenters. The van der Waals surface area contributed by atoms with Gasteiger partial charge in [-0.1, -0.05) is 12.1 Å². The van der Waals surface area contributed by atoms with Crippen molar-refractivity contribution in [3.8, 4) is 0 Å². The second-order valence-electron chi connectivity index (χ2n) is 4.92. The van der Waals surface area contributed by atoms with E-state index >= 15 is 0 Å². The number of aryl methyl sites for hydroxylation is 3. The van der Waals surface area contributed by atoms with Gasteiger partial charge in [-0.25, -0.2) is 9.97 Å². The predicted octanol–water partition coefficient (Wildman–Crippen LogP) is 2.05. The minimum Gasteiger partial charge on any atom is -0.342 e. The van der Waals surface area contributed by atoms with Crippen molar-refractivity contribution >= 4 is 11.0 Å². The zero-order valence-electron chi connectivity index (χ0n) is 11.5. The van der Waals surface area contributed by atoms with Gasteiger partial charge < -0.3 is 9.97 Å². The largest absolute Gasteiger partial charge is 0.342 e. The van der Waals surface area contributed by atoms with Crippen LogP contribution >= 0.6 is 0 Å². The molecule has 5 nitrogen and oxygen atoms in total. The van der Waals surface area contributed by atoms with E-state index in [9.17, 15) is 4.79 Å². The molecule has 0 fully saturated rings. The minimum atomic E-state index is -0.0499. The van der Waals surface area contributed by atoms with Crippen molar-refractivity contribution in [1.29, 1.82) is 0 Å². The average molecular weight is 268 g/mol. The maximum absolute atomic E-state index is 11.9. The smallest absolute Gasteiger partial charge is 0.254 e. The highest BCUT2D eigenvalue weighted by Gasteiger charge is 2.08. The molecular formula is C15H16N4O. The van der Waals surface area contributed by atoms with Crippen molar-refractivity contribution < 1.29 is 0 Å². The second-order valence-corrected chi connectivity index (χ2v) is 4.92. The third kappa shape index (κ3) is 2.34. The Hall–Kier alpha value is -2.43. The molecule has 2 aromatic heterocycles. The van der Waals surface area contributed by atoms with Crippen LogP contribution in [-0.2, 0) is 12.8 Å². The van der Waals surface area contributed by atoms with Gasteiger partial charge in [0, 0.05) is 17.7 Å². The molecule has 0 aliphatic rings. The fraction of sp³-hybridized carbons (Fsp3) is 0.267. The summed E-state index contributed by atoms with van der Waals surface area (Å²) in [5, 5.41) is 0. The number of hydrogen-bond acceptors (Lipinski definition) is 3. The van der Waals surface area contributed by atoms with E-state index in [0.29, 0.717) is 18.7 Å². The van der Waals surface area contributed by atoms with Gasteiger partial charge >= 0.3 is 0 Å². The van der Waals surface area contributed by atoms with E-state index in [1.165, 1.54) is 0 Å². The van der Waals surface area contributed by atoms with Crippen LogP contribution in [0.1, 0.15) is 22.9 Å². The highest BCUT2D eigenvalue weighted by atomic mass is 16.1. The normalized spacial score (nSPS) is 11.1. The summed E-state index contributed by atoms with van der Waals surface area (Å²) < 4.78 is 0. The summed E-state index contributed by atoms with van der Waals surface area (Å²) in [4.78, 5) is 26.8. The Labute approximate surface area is 116 Å². The highest BCUT2D eigenvalue weighted by Crippen LogP contribution is 2.12. The fourth-order valence-electron chi connectivity index (χ4n) is 2.41. The van der Waals surface area contributed by atoms with Crippen LogP contribution in [0.4, 0.5) is 0 Å². The number of aromatic nitrogens is 4. The van der Waals surface area contributed by atoms with E-state index in [0.717, 1.165) is 28.1 Å². The molecule has 0 unspecified atom stereocenters. The number of nitrogens with one attached hydrogen (secondary N) is 2. The molecule has 0 aliphatic heterocycles. The Bertz CT molecular complexity index is 783. The number of benzene rings is 1. The van der Waals surface area contributed by atoms with Gasteiger partial charge in [-0.15, -0.1) is 0 Å². The molecule has 102 valence electrons. The Morgan fingerprint density at radius 1 is 1.05 bits per heavy atom. The SMILES string of the molecule is Cc1nc(C)c(CCc2nc3ccccc3[nH]2)c(=O)[nH]1. The van der Waals surface area contributed by atoms with Gasteiger partial charge in [0.15, 0.2) is 0 Å². The van der Waals surface area contributed by atoms with Crippen molar-refractivity contribution in [3.05, 3.63) is 57.5 Å². The molecule has 2 N–H and O–H groups in total. The van der Waals surface area contributed by atoms with Crippen LogP contribution in [0.15, 0.2) is 29.1 Å². The van der Waals surface area contributed by atoms with Gasteiger partial charge in [0.25, 0.3) is 5.56 Å². The zero-order valence-corrected chi connectivity index (χ0v) is 11.5. The van der Waals surface area contributed by atoms with E-state index in [1.807, 2.05) is 31.2 Å². The van der Waals surface area contributed by atoms with Crippen LogP contribution in [-0.4, -0.2) is 19.9 Å². The van der Waals surface area contributed by atoms with Crippen molar-refractivity contribution in [3.63, 3.8) is 0 Å². The second kappa shape index (κ2) is 4.92. The summed E-state index contributed by atoms with van der Waals surface area (Å²) >= 11 is 0. The number of rotatable bonds is 3. The molecule has 0 saturated heterocycles.